The summed E-state index contributed by atoms with van der Waals surface area (Å²) in [5, 5.41) is 13.1. The zero-order valence-corrected chi connectivity index (χ0v) is 10.1. The average molecular weight is 259 g/mol. The minimum atomic E-state index is 0.430. The Morgan fingerprint density at radius 1 is 1.28 bits per heavy atom. The predicted molar refractivity (Wildman–Crippen MR) is 67.7 cm³/mol. The fourth-order valence-electron chi connectivity index (χ4n) is 2.18. The monoisotopic (exact) mass is 258 g/mol. The van der Waals surface area contributed by atoms with Gasteiger partial charge in [0.05, 0.1) is 22.5 Å². The van der Waals surface area contributed by atoms with Crippen LogP contribution in [0.3, 0.4) is 0 Å². The Bertz CT molecular complexity index is 906. The van der Waals surface area contributed by atoms with E-state index in [1.807, 2.05) is 17.5 Å². The van der Waals surface area contributed by atoms with E-state index in [0.717, 1.165) is 27.6 Å². The molecule has 0 aromatic carbocycles. The first kappa shape index (κ1) is 9.78. The Morgan fingerprint density at radius 2 is 2.17 bits per heavy atom. The van der Waals surface area contributed by atoms with Crippen molar-refractivity contribution >= 4 is 39.2 Å². The number of aromatic amines is 1. The third-order valence-corrected chi connectivity index (χ3v) is 3.22. The van der Waals surface area contributed by atoms with Gasteiger partial charge in [-0.15, -0.1) is 5.10 Å². The molecule has 0 aliphatic rings. The van der Waals surface area contributed by atoms with Gasteiger partial charge in [0.1, 0.15) is 5.15 Å². The van der Waals surface area contributed by atoms with Gasteiger partial charge in [0.2, 0.25) is 0 Å². The number of rotatable bonds is 0. The van der Waals surface area contributed by atoms with Crippen LogP contribution in [0.5, 0.6) is 0 Å². The zero-order valence-electron chi connectivity index (χ0n) is 9.35. The minimum Gasteiger partial charge on any atom is -0.297 e. The predicted octanol–water partition coefficient (Wildman–Crippen LogP) is 2.12. The van der Waals surface area contributed by atoms with Gasteiger partial charge in [-0.2, -0.15) is 5.10 Å². The first-order chi connectivity index (χ1) is 8.74. The molecule has 0 radical (unpaired) electrons. The molecule has 4 aromatic rings. The van der Waals surface area contributed by atoms with Crippen molar-refractivity contribution in [1.82, 2.24) is 29.8 Å². The Labute approximate surface area is 106 Å². The Kier molecular flexibility index (Phi) is 1.72. The summed E-state index contributed by atoms with van der Waals surface area (Å²) in [7, 11) is 0. The van der Waals surface area contributed by atoms with E-state index in [4.69, 9.17) is 11.6 Å². The summed E-state index contributed by atoms with van der Waals surface area (Å²) in [5.41, 5.74) is 3.26. The summed E-state index contributed by atoms with van der Waals surface area (Å²) in [5.74, 6) is 0. The third-order valence-electron chi connectivity index (χ3n) is 2.93. The summed E-state index contributed by atoms with van der Waals surface area (Å²) in [6.45, 7) is 1.97. The molecular weight excluding hydrogens is 252 g/mol. The van der Waals surface area contributed by atoms with E-state index in [-0.39, 0.29) is 0 Å². The zero-order chi connectivity index (χ0) is 12.3. The standard InChI is InChI=1S/C11H7ClN6/c1-5-2-8-15-10(12)6-3-13-11-7(4-14-16-11)9(6)18(8)17-5/h2-4,17H,1H3. The molecule has 0 spiro atoms. The molecule has 0 atom stereocenters. The molecule has 0 bridgehead atoms. The maximum Gasteiger partial charge on any atom is 0.185 e. The lowest BCUT2D eigenvalue weighted by molar-refractivity contribution is 0.958. The van der Waals surface area contributed by atoms with Crippen molar-refractivity contribution in [2.24, 2.45) is 0 Å². The molecule has 6 nitrogen and oxygen atoms in total. The largest absolute Gasteiger partial charge is 0.297 e. The molecule has 0 saturated carbocycles. The van der Waals surface area contributed by atoms with Gasteiger partial charge in [0.15, 0.2) is 11.3 Å². The van der Waals surface area contributed by atoms with Crippen molar-refractivity contribution in [1.29, 1.82) is 0 Å². The Hall–Kier alpha value is -2.21. The van der Waals surface area contributed by atoms with E-state index >= 15 is 0 Å². The third kappa shape index (κ3) is 1.12. The molecule has 7 heteroatoms. The molecule has 0 fully saturated rings. The SMILES string of the molecule is Cc1cc2nc(Cl)c3cnc4nncc4c3n2[nH]1. The van der Waals surface area contributed by atoms with Crippen LogP contribution in [0.15, 0.2) is 18.5 Å². The molecule has 0 unspecified atom stereocenters. The van der Waals surface area contributed by atoms with E-state index in [1.54, 1.807) is 12.4 Å². The van der Waals surface area contributed by atoms with Crippen LogP contribution in [-0.2, 0) is 0 Å². The summed E-state index contributed by atoms with van der Waals surface area (Å²) >= 11 is 6.19. The number of hydrogen-bond acceptors (Lipinski definition) is 4. The maximum absolute atomic E-state index is 6.19. The van der Waals surface area contributed by atoms with Crippen LogP contribution in [0.1, 0.15) is 5.69 Å². The average Bonchev–Trinajstić information content (AvgIpc) is 2.93. The van der Waals surface area contributed by atoms with Gasteiger partial charge in [0.25, 0.3) is 0 Å². The van der Waals surface area contributed by atoms with Crippen LogP contribution in [0.25, 0.3) is 27.6 Å². The number of nitrogens with one attached hydrogen (secondary N) is 1. The number of H-pyrrole nitrogens is 1. The van der Waals surface area contributed by atoms with Gasteiger partial charge in [-0.3, -0.25) is 5.10 Å². The van der Waals surface area contributed by atoms with Crippen molar-refractivity contribution < 1.29 is 0 Å². The number of aryl methyl sites for hydroxylation is 1. The van der Waals surface area contributed by atoms with E-state index in [9.17, 15) is 0 Å². The van der Waals surface area contributed by atoms with Crippen molar-refractivity contribution in [3.05, 3.63) is 29.3 Å². The Morgan fingerprint density at radius 3 is 3.06 bits per heavy atom. The minimum absolute atomic E-state index is 0.430. The van der Waals surface area contributed by atoms with E-state index in [2.05, 4.69) is 25.3 Å². The van der Waals surface area contributed by atoms with Crippen molar-refractivity contribution in [2.45, 2.75) is 6.92 Å². The lowest BCUT2D eigenvalue weighted by Gasteiger charge is -2.04. The molecule has 0 amide bonds. The molecule has 18 heavy (non-hydrogen) atoms. The highest BCUT2D eigenvalue weighted by molar-refractivity contribution is 6.35. The molecule has 88 valence electrons. The van der Waals surface area contributed by atoms with Gasteiger partial charge in [-0.25, -0.2) is 14.5 Å². The first-order valence-corrected chi connectivity index (χ1v) is 5.75. The molecule has 0 aliphatic carbocycles. The summed E-state index contributed by atoms with van der Waals surface area (Å²) in [6, 6.07) is 1.93. The number of aromatic nitrogens is 6. The van der Waals surface area contributed by atoms with Crippen LogP contribution in [0.2, 0.25) is 5.15 Å². The fourth-order valence-corrected chi connectivity index (χ4v) is 2.40. The smallest absolute Gasteiger partial charge is 0.185 e. The maximum atomic E-state index is 6.19. The highest BCUT2D eigenvalue weighted by Crippen LogP contribution is 2.27. The quantitative estimate of drug-likeness (QED) is 0.491. The second-order valence-electron chi connectivity index (χ2n) is 4.14. The van der Waals surface area contributed by atoms with Crippen molar-refractivity contribution in [3.63, 3.8) is 0 Å². The molecule has 0 aliphatic heterocycles. The van der Waals surface area contributed by atoms with Crippen LogP contribution in [0.4, 0.5) is 0 Å². The van der Waals surface area contributed by atoms with Crippen LogP contribution in [0, 0.1) is 6.92 Å². The number of fused-ring (bicyclic) bond motifs is 5. The second kappa shape index (κ2) is 3.17. The van der Waals surface area contributed by atoms with E-state index < -0.39 is 0 Å². The van der Waals surface area contributed by atoms with E-state index in [0.29, 0.717) is 10.8 Å². The lowest BCUT2D eigenvalue weighted by Crippen LogP contribution is -1.96. The molecular formula is C11H7ClN6. The second-order valence-corrected chi connectivity index (χ2v) is 4.50. The molecule has 1 N–H and O–H groups in total. The van der Waals surface area contributed by atoms with Crippen LogP contribution in [-0.4, -0.2) is 29.8 Å². The van der Waals surface area contributed by atoms with Gasteiger partial charge in [-0.1, -0.05) is 11.6 Å². The highest BCUT2D eigenvalue weighted by Gasteiger charge is 2.13. The lowest BCUT2D eigenvalue weighted by atomic mass is 10.2. The topological polar surface area (TPSA) is 71.8 Å². The van der Waals surface area contributed by atoms with Crippen molar-refractivity contribution in [2.75, 3.05) is 0 Å². The summed E-state index contributed by atoms with van der Waals surface area (Å²) in [4.78, 5) is 8.55. The molecule has 4 rings (SSSR count). The number of nitrogens with zero attached hydrogens (tertiary/aromatic N) is 5. The normalized spacial score (nSPS) is 11.9. The van der Waals surface area contributed by atoms with Crippen LogP contribution < -0.4 is 0 Å². The number of pyridine rings is 1. The molecule has 4 aromatic heterocycles. The van der Waals surface area contributed by atoms with Gasteiger partial charge in [0, 0.05) is 18.0 Å². The van der Waals surface area contributed by atoms with Crippen LogP contribution >= 0.6 is 11.6 Å². The van der Waals surface area contributed by atoms with Gasteiger partial charge in [-0.05, 0) is 6.92 Å². The fraction of sp³-hybridized carbons (Fsp3) is 0.0909. The van der Waals surface area contributed by atoms with Crippen molar-refractivity contribution in [3.8, 4) is 0 Å². The summed E-state index contributed by atoms with van der Waals surface area (Å²) < 4.78 is 1.88. The Balaban J connectivity index is 2.41. The number of halogens is 1. The van der Waals surface area contributed by atoms with Gasteiger partial charge < -0.3 is 0 Å². The first-order valence-electron chi connectivity index (χ1n) is 5.38. The van der Waals surface area contributed by atoms with E-state index in [1.165, 1.54) is 0 Å². The van der Waals surface area contributed by atoms with Gasteiger partial charge >= 0.3 is 0 Å². The molecule has 0 saturated heterocycles. The summed E-state index contributed by atoms with van der Waals surface area (Å²) in [6.07, 6.45) is 3.36. The highest BCUT2D eigenvalue weighted by atomic mass is 35.5. The molecule has 4 heterocycles. The number of hydrogen-bond donors (Lipinski definition) is 1.